The average Bonchev–Trinajstić information content (AvgIpc) is 2.39. The minimum Gasteiger partial charge on any atom is -0.377 e. The maximum atomic E-state index is 5.45. The second-order valence-electron chi connectivity index (χ2n) is 3.68. The largest absolute Gasteiger partial charge is 0.500 e. The second kappa shape index (κ2) is 9.95. The number of rotatable bonds is 11. The lowest BCUT2D eigenvalue weighted by Crippen LogP contribution is -2.45. The van der Waals surface area contributed by atoms with Gasteiger partial charge >= 0.3 is 8.80 Å². The molecule has 0 aromatic carbocycles. The van der Waals surface area contributed by atoms with Crippen molar-refractivity contribution in [3.8, 4) is 0 Å². The Hall–Kier alpha value is -0.0231. The number of hydrogen-bond donors (Lipinski definition) is 2. The van der Waals surface area contributed by atoms with Gasteiger partial charge in [0.05, 0.1) is 0 Å². The van der Waals surface area contributed by atoms with E-state index in [0.717, 1.165) is 32.1 Å². The first-order valence-corrected chi connectivity index (χ1v) is 7.95. The molecule has 0 aliphatic heterocycles. The van der Waals surface area contributed by atoms with E-state index in [0.29, 0.717) is 6.54 Å². The van der Waals surface area contributed by atoms with Gasteiger partial charge in [-0.3, -0.25) is 5.43 Å². The smallest absolute Gasteiger partial charge is 0.377 e. The maximum absolute atomic E-state index is 5.45. The number of nitrogens with one attached hydrogen (secondary N) is 1. The van der Waals surface area contributed by atoms with Crippen molar-refractivity contribution in [1.82, 2.24) is 10.4 Å². The van der Waals surface area contributed by atoms with Gasteiger partial charge in [0.1, 0.15) is 0 Å². The van der Waals surface area contributed by atoms with Crippen LogP contribution >= 0.6 is 0 Å². The molecule has 0 saturated carbocycles. The molecule has 0 aliphatic rings. The fourth-order valence-corrected chi connectivity index (χ4v) is 3.32. The third-order valence-corrected chi connectivity index (χ3v) is 5.54. The fraction of sp³-hybridized carbons (Fsp3) is 1.00. The molecule has 0 heterocycles. The normalized spacial score (nSPS) is 12.4. The van der Waals surface area contributed by atoms with Gasteiger partial charge in [-0.15, -0.1) is 0 Å². The van der Waals surface area contributed by atoms with Crippen LogP contribution in [0.1, 0.15) is 13.3 Å². The van der Waals surface area contributed by atoms with Gasteiger partial charge in [0.15, 0.2) is 0 Å². The SMILES string of the molecule is CCN(CCC[Si](OC)(OC)OC)NCCN. The molecule has 0 radical (unpaired) electrons. The monoisotopic (exact) mass is 265 g/mol. The van der Waals surface area contributed by atoms with Crippen molar-refractivity contribution >= 4 is 8.80 Å². The summed E-state index contributed by atoms with van der Waals surface area (Å²) in [5.41, 5.74) is 8.71. The molecule has 104 valence electrons. The van der Waals surface area contributed by atoms with Crippen molar-refractivity contribution < 1.29 is 13.3 Å². The number of hydrogen-bond acceptors (Lipinski definition) is 6. The summed E-state index contributed by atoms with van der Waals surface area (Å²) in [6.45, 7) is 5.43. The molecule has 0 unspecified atom stereocenters. The summed E-state index contributed by atoms with van der Waals surface area (Å²) in [6.07, 6.45) is 0.965. The van der Waals surface area contributed by atoms with Crippen LogP contribution in [0, 0.1) is 0 Å². The Balaban J connectivity index is 3.92. The Morgan fingerprint density at radius 1 is 1.18 bits per heavy atom. The lowest BCUT2D eigenvalue weighted by molar-refractivity contribution is 0.119. The highest BCUT2D eigenvalue weighted by Gasteiger charge is 2.36. The van der Waals surface area contributed by atoms with Crippen molar-refractivity contribution in [2.24, 2.45) is 5.73 Å². The summed E-state index contributed by atoms with van der Waals surface area (Å²) in [4.78, 5) is 0. The molecule has 0 spiro atoms. The quantitative estimate of drug-likeness (QED) is 0.406. The highest BCUT2D eigenvalue weighted by Crippen LogP contribution is 2.14. The van der Waals surface area contributed by atoms with Gasteiger partial charge in [-0.1, -0.05) is 6.92 Å². The van der Waals surface area contributed by atoms with Gasteiger partial charge in [-0.05, 0) is 6.42 Å². The Bertz CT molecular complexity index is 174. The van der Waals surface area contributed by atoms with E-state index in [1.165, 1.54) is 0 Å². The van der Waals surface area contributed by atoms with Crippen molar-refractivity contribution in [2.75, 3.05) is 47.5 Å². The molecule has 0 saturated heterocycles. The first-order valence-electron chi connectivity index (χ1n) is 6.02. The van der Waals surface area contributed by atoms with Crippen LogP contribution in [0.3, 0.4) is 0 Å². The highest BCUT2D eigenvalue weighted by molar-refractivity contribution is 6.60. The molecule has 7 heteroatoms. The predicted molar refractivity (Wildman–Crippen MR) is 70.5 cm³/mol. The number of hydrazine groups is 1. The van der Waals surface area contributed by atoms with Crippen LogP contribution in [-0.4, -0.2) is 61.3 Å². The average molecular weight is 265 g/mol. The van der Waals surface area contributed by atoms with Crippen molar-refractivity contribution in [3.63, 3.8) is 0 Å². The lowest BCUT2D eigenvalue weighted by atomic mass is 10.4. The standard InChI is InChI=1S/C10H27N3O3Si/c1-5-13(12-8-7-11)9-6-10-17(14-2,15-3)16-4/h12H,5-11H2,1-4H3. The van der Waals surface area contributed by atoms with Crippen LogP contribution in [-0.2, 0) is 13.3 Å². The topological polar surface area (TPSA) is 69.0 Å². The van der Waals surface area contributed by atoms with Gasteiger partial charge in [0.25, 0.3) is 0 Å². The molecule has 3 N–H and O–H groups in total. The second-order valence-corrected chi connectivity index (χ2v) is 6.77. The maximum Gasteiger partial charge on any atom is 0.500 e. The molecule has 17 heavy (non-hydrogen) atoms. The molecular weight excluding hydrogens is 238 g/mol. The Morgan fingerprint density at radius 3 is 2.18 bits per heavy atom. The van der Waals surface area contributed by atoms with E-state index in [1.807, 2.05) is 0 Å². The van der Waals surface area contributed by atoms with Crippen LogP contribution in [0.4, 0.5) is 0 Å². The van der Waals surface area contributed by atoms with Crippen LogP contribution in [0.25, 0.3) is 0 Å². The zero-order chi connectivity index (χ0) is 13.1. The molecule has 0 bridgehead atoms. The molecular formula is C10H27N3O3Si. The Morgan fingerprint density at radius 2 is 1.76 bits per heavy atom. The number of nitrogens with two attached hydrogens (primary N) is 1. The van der Waals surface area contributed by atoms with E-state index in [4.69, 9.17) is 19.0 Å². The predicted octanol–water partition coefficient (Wildman–Crippen LogP) is 0.0398. The third-order valence-electron chi connectivity index (χ3n) is 2.71. The van der Waals surface area contributed by atoms with Crippen molar-refractivity contribution in [3.05, 3.63) is 0 Å². The summed E-state index contributed by atoms with van der Waals surface area (Å²) in [5, 5.41) is 2.15. The summed E-state index contributed by atoms with van der Waals surface area (Å²) in [5.74, 6) is 0. The minimum atomic E-state index is -2.41. The summed E-state index contributed by atoms with van der Waals surface area (Å²) in [7, 11) is 2.52. The minimum absolute atomic E-state index is 0.642. The molecule has 0 aromatic rings. The fourth-order valence-electron chi connectivity index (χ4n) is 1.61. The van der Waals surface area contributed by atoms with E-state index < -0.39 is 8.80 Å². The zero-order valence-corrected chi connectivity index (χ0v) is 12.5. The lowest BCUT2D eigenvalue weighted by Gasteiger charge is -2.26. The molecule has 0 rings (SSSR count). The van der Waals surface area contributed by atoms with E-state index in [9.17, 15) is 0 Å². The number of nitrogens with zero attached hydrogens (tertiary/aromatic N) is 1. The zero-order valence-electron chi connectivity index (χ0n) is 11.5. The summed E-state index contributed by atoms with van der Waals surface area (Å²) < 4.78 is 16.1. The molecule has 0 aromatic heterocycles. The van der Waals surface area contributed by atoms with E-state index >= 15 is 0 Å². The van der Waals surface area contributed by atoms with Crippen LogP contribution in [0.2, 0.25) is 6.04 Å². The van der Waals surface area contributed by atoms with E-state index in [1.54, 1.807) is 21.3 Å². The molecule has 0 fully saturated rings. The molecule has 0 aliphatic carbocycles. The summed E-state index contributed by atoms with van der Waals surface area (Å²) >= 11 is 0. The summed E-state index contributed by atoms with van der Waals surface area (Å²) in [6, 6.07) is 0.817. The molecule has 0 amide bonds. The van der Waals surface area contributed by atoms with E-state index in [2.05, 4.69) is 17.4 Å². The van der Waals surface area contributed by atoms with Gasteiger partial charge in [0, 0.05) is 53.6 Å². The van der Waals surface area contributed by atoms with Crippen LogP contribution < -0.4 is 11.2 Å². The third kappa shape index (κ3) is 6.46. The van der Waals surface area contributed by atoms with Crippen molar-refractivity contribution in [2.45, 2.75) is 19.4 Å². The molecule has 6 nitrogen and oxygen atoms in total. The van der Waals surface area contributed by atoms with Gasteiger partial charge in [-0.25, -0.2) is 5.01 Å². The van der Waals surface area contributed by atoms with Crippen LogP contribution in [0.15, 0.2) is 0 Å². The highest BCUT2D eigenvalue weighted by atomic mass is 28.4. The Labute approximate surface area is 106 Å². The molecule has 0 atom stereocenters. The first-order chi connectivity index (χ1) is 8.17. The Kier molecular flexibility index (Phi) is 9.94. The first kappa shape index (κ1) is 17.0. The van der Waals surface area contributed by atoms with Gasteiger partial charge in [-0.2, -0.15) is 0 Å². The van der Waals surface area contributed by atoms with Crippen LogP contribution in [0.5, 0.6) is 0 Å². The van der Waals surface area contributed by atoms with Gasteiger partial charge < -0.3 is 19.0 Å². The van der Waals surface area contributed by atoms with Crippen molar-refractivity contribution in [1.29, 1.82) is 0 Å². The van der Waals surface area contributed by atoms with E-state index in [-0.39, 0.29) is 0 Å². The van der Waals surface area contributed by atoms with Gasteiger partial charge in [0.2, 0.25) is 0 Å².